The summed E-state index contributed by atoms with van der Waals surface area (Å²) in [6, 6.07) is 8.56. The van der Waals surface area contributed by atoms with Crippen molar-refractivity contribution in [2.75, 3.05) is 19.6 Å². The Bertz CT molecular complexity index is 1480. The molecule has 0 spiro atoms. The van der Waals surface area contributed by atoms with E-state index in [2.05, 4.69) is 23.7 Å². The molecule has 1 aliphatic carbocycles. The maximum absolute atomic E-state index is 13.6. The van der Waals surface area contributed by atoms with Crippen LogP contribution in [0.25, 0.3) is 5.69 Å². The summed E-state index contributed by atoms with van der Waals surface area (Å²) in [5.41, 5.74) is 3.17. The number of hydrogen-bond donors (Lipinski definition) is 1. The van der Waals surface area contributed by atoms with Crippen LogP contribution in [0.3, 0.4) is 0 Å². The van der Waals surface area contributed by atoms with Crippen molar-refractivity contribution in [1.82, 2.24) is 24.6 Å². The van der Waals surface area contributed by atoms with Crippen molar-refractivity contribution in [1.29, 1.82) is 0 Å². The maximum atomic E-state index is 13.6. The molecule has 0 saturated heterocycles. The minimum absolute atomic E-state index is 0.167. The third-order valence-corrected chi connectivity index (χ3v) is 7.73. The molecule has 1 unspecified atom stereocenters. The van der Waals surface area contributed by atoms with E-state index in [0.29, 0.717) is 25.3 Å². The molecule has 0 radical (unpaired) electrons. The van der Waals surface area contributed by atoms with Gasteiger partial charge in [0.25, 0.3) is 5.91 Å². The Hall–Kier alpha value is -4.15. The molecule has 3 aromatic rings. The molecule has 202 valence electrons. The smallest absolute Gasteiger partial charge is 0.437 e. The second-order valence-corrected chi connectivity index (χ2v) is 10.2. The van der Waals surface area contributed by atoms with Gasteiger partial charge in [0, 0.05) is 44.2 Å². The van der Waals surface area contributed by atoms with Crippen LogP contribution in [-0.4, -0.2) is 61.1 Å². The normalized spacial score (nSPS) is 18.9. The van der Waals surface area contributed by atoms with Crippen molar-refractivity contribution in [3.8, 4) is 11.4 Å². The van der Waals surface area contributed by atoms with Crippen LogP contribution in [-0.2, 0) is 23.8 Å². The molecule has 1 aromatic carbocycles. The van der Waals surface area contributed by atoms with E-state index in [1.165, 1.54) is 29.4 Å². The third kappa shape index (κ3) is 4.45. The topological polar surface area (TPSA) is 91.6 Å². The Morgan fingerprint density at radius 1 is 1.10 bits per heavy atom. The molecule has 1 fully saturated rings. The number of nitrogens with zero attached hydrogens (tertiary/aromatic N) is 5. The van der Waals surface area contributed by atoms with E-state index in [9.17, 15) is 27.9 Å². The first-order chi connectivity index (χ1) is 18.7. The van der Waals surface area contributed by atoms with Crippen LogP contribution >= 0.6 is 0 Å². The van der Waals surface area contributed by atoms with E-state index in [-0.39, 0.29) is 24.6 Å². The van der Waals surface area contributed by atoms with Gasteiger partial charge in [-0.1, -0.05) is 18.7 Å². The lowest BCUT2D eigenvalue weighted by Crippen LogP contribution is -2.45. The van der Waals surface area contributed by atoms with Crippen LogP contribution in [0.4, 0.5) is 13.2 Å². The predicted octanol–water partition coefficient (Wildman–Crippen LogP) is 4.18. The average molecular weight is 538 g/mol. The van der Waals surface area contributed by atoms with Gasteiger partial charge in [-0.25, -0.2) is 9.67 Å². The van der Waals surface area contributed by atoms with E-state index in [1.807, 2.05) is 16.8 Å². The predicted molar refractivity (Wildman–Crippen MR) is 134 cm³/mol. The van der Waals surface area contributed by atoms with Gasteiger partial charge in [-0.05, 0) is 48.6 Å². The van der Waals surface area contributed by atoms with Crippen molar-refractivity contribution >= 4 is 11.8 Å². The zero-order valence-electron chi connectivity index (χ0n) is 21.0. The zero-order valence-corrected chi connectivity index (χ0v) is 21.0. The minimum atomic E-state index is -4.85. The van der Waals surface area contributed by atoms with E-state index < -0.39 is 29.6 Å². The molecule has 4 heterocycles. The third-order valence-electron chi connectivity index (χ3n) is 7.73. The fourth-order valence-electron chi connectivity index (χ4n) is 5.64. The minimum Gasteiger partial charge on any atom is -0.506 e. The summed E-state index contributed by atoms with van der Waals surface area (Å²) in [4.78, 5) is 32.7. The van der Waals surface area contributed by atoms with Crippen molar-refractivity contribution in [3.63, 3.8) is 0 Å². The fourth-order valence-corrected chi connectivity index (χ4v) is 5.64. The SMILES string of the molecule is C=CC(=O)N1CCc2nn(-c3ccc(C4CC4)cc3)c3c2C(C1)N(C(=O)c1cnc(C(F)(F)F)c(O)c1)CC3. The van der Waals surface area contributed by atoms with E-state index in [0.717, 1.165) is 34.9 Å². The van der Waals surface area contributed by atoms with Gasteiger partial charge in [0.05, 0.1) is 28.7 Å². The number of halogens is 3. The van der Waals surface area contributed by atoms with Crippen LogP contribution in [0, 0.1) is 0 Å². The molecule has 8 nitrogen and oxygen atoms in total. The van der Waals surface area contributed by atoms with Gasteiger partial charge in [0.15, 0.2) is 5.69 Å². The highest BCUT2D eigenvalue weighted by Gasteiger charge is 2.41. The Morgan fingerprint density at radius 3 is 2.49 bits per heavy atom. The van der Waals surface area contributed by atoms with Crippen LogP contribution < -0.4 is 0 Å². The van der Waals surface area contributed by atoms with Gasteiger partial charge < -0.3 is 14.9 Å². The number of aromatic hydroxyl groups is 1. The molecular weight excluding hydrogens is 511 g/mol. The molecule has 6 rings (SSSR count). The first-order valence-electron chi connectivity index (χ1n) is 12.8. The lowest BCUT2D eigenvalue weighted by molar-refractivity contribution is -0.142. The van der Waals surface area contributed by atoms with Gasteiger partial charge in [0.2, 0.25) is 5.91 Å². The molecule has 3 aliphatic rings. The van der Waals surface area contributed by atoms with Gasteiger partial charge in [-0.2, -0.15) is 18.3 Å². The molecule has 0 bridgehead atoms. The summed E-state index contributed by atoms with van der Waals surface area (Å²) in [7, 11) is 0. The number of amides is 2. The summed E-state index contributed by atoms with van der Waals surface area (Å²) in [6.45, 7) is 4.40. The van der Waals surface area contributed by atoms with E-state index in [1.54, 1.807) is 4.90 Å². The summed E-state index contributed by atoms with van der Waals surface area (Å²) < 4.78 is 41.2. The number of pyridine rings is 1. The average Bonchev–Trinajstić information content (AvgIpc) is 3.72. The lowest BCUT2D eigenvalue weighted by atomic mass is 9.95. The number of aromatic nitrogens is 3. The molecular formula is C28H26F3N5O3. The zero-order chi connectivity index (χ0) is 27.5. The largest absolute Gasteiger partial charge is 0.506 e. The van der Waals surface area contributed by atoms with Crippen molar-refractivity contribution in [3.05, 3.63) is 83.0 Å². The molecule has 1 saturated carbocycles. The number of carbonyl (C=O) groups excluding carboxylic acids is 2. The maximum Gasteiger partial charge on any atom is 0.437 e. The van der Waals surface area contributed by atoms with Crippen LogP contribution in [0.15, 0.2) is 49.2 Å². The lowest BCUT2D eigenvalue weighted by Gasteiger charge is -2.37. The van der Waals surface area contributed by atoms with Gasteiger partial charge >= 0.3 is 6.18 Å². The number of carbonyl (C=O) groups is 2. The molecule has 2 aromatic heterocycles. The first kappa shape index (κ1) is 25.1. The number of benzene rings is 1. The Kier molecular flexibility index (Phi) is 5.96. The summed E-state index contributed by atoms with van der Waals surface area (Å²) in [5.74, 6) is -1.35. The summed E-state index contributed by atoms with van der Waals surface area (Å²) in [6.07, 6.45) is 0.560. The Morgan fingerprint density at radius 2 is 1.85 bits per heavy atom. The molecule has 1 N–H and O–H groups in total. The number of rotatable bonds is 4. The highest BCUT2D eigenvalue weighted by molar-refractivity contribution is 5.95. The molecule has 2 aliphatic heterocycles. The highest BCUT2D eigenvalue weighted by atomic mass is 19.4. The Labute approximate surface area is 222 Å². The number of hydrogen-bond acceptors (Lipinski definition) is 5. The standard InChI is InChI=1S/C28H26F3N5O3/c1-2-24(38)34-11-9-20-25-21(36(33-20)19-7-5-17(6-8-19)16-3-4-16)10-12-35(22(25)15-34)27(39)18-13-23(37)26(32-14-18)28(29,30)31/h2,5-8,13-14,16,22,37H,1,3-4,9-12,15H2. The first-order valence-corrected chi connectivity index (χ1v) is 12.8. The van der Waals surface area contributed by atoms with E-state index >= 15 is 0 Å². The van der Waals surface area contributed by atoms with Crippen molar-refractivity contribution in [2.45, 2.75) is 43.8 Å². The van der Waals surface area contributed by atoms with Gasteiger partial charge in [-0.3, -0.25) is 9.59 Å². The van der Waals surface area contributed by atoms with E-state index in [4.69, 9.17) is 5.10 Å². The second kappa shape index (κ2) is 9.25. The second-order valence-electron chi connectivity index (χ2n) is 10.2. The molecule has 39 heavy (non-hydrogen) atoms. The van der Waals surface area contributed by atoms with Crippen molar-refractivity contribution < 1.29 is 27.9 Å². The highest BCUT2D eigenvalue weighted by Crippen LogP contribution is 2.41. The van der Waals surface area contributed by atoms with Crippen LogP contribution in [0.5, 0.6) is 5.75 Å². The fraction of sp³-hybridized carbons (Fsp3) is 0.357. The summed E-state index contributed by atoms with van der Waals surface area (Å²) in [5, 5.41) is 14.9. The molecule has 11 heteroatoms. The molecule has 2 amide bonds. The monoisotopic (exact) mass is 537 g/mol. The molecule has 1 atom stereocenters. The van der Waals surface area contributed by atoms with Crippen LogP contribution in [0.1, 0.15) is 63.4 Å². The van der Waals surface area contributed by atoms with Crippen LogP contribution in [0.2, 0.25) is 0 Å². The Balaban J connectivity index is 1.38. The van der Waals surface area contributed by atoms with Crippen molar-refractivity contribution in [2.24, 2.45) is 0 Å². The van der Waals surface area contributed by atoms with Gasteiger partial charge in [-0.15, -0.1) is 0 Å². The number of alkyl halides is 3. The quantitative estimate of drug-likeness (QED) is 0.505. The summed E-state index contributed by atoms with van der Waals surface area (Å²) >= 11 is 0. The van der Waals surface area contributed by atoms with Gasteiger partial charge in [0.1, 0.15) is 5.75 Å².